The van der Waals surface area contributed by atoms with Crippen LogP contribution >= 0.6 is 0 Å². The minimum Gasteiger partial charge on any atom is -0.493 e. The number of alkyl halides is 3. The highest BCUT2D eigenvalue weighted by Gasteiger charge is 2.45. The van der Waals surface area contributed by atoms with Crippen LogP contribution in [0.3, 0.4) is 0 Å². The van der Waals surface area contributed by atoms with E-state index >= 15 is 0 Å². The Hall–Kier alpha value is -3.84. The lowest BCUT2D eigenvalue weighted by atomic mass is 9.95. The molecule has 0 radical (unpaired) electrons. The van der Waals surface area contributed by atoms with Crippen molar-refractivity contribution in [1.82, 2.24) is 15.1 Å². The van der Waals surface area contributed by atoms with E-state index in [2.05, 4.69) is 5.32 Å². The molecule has 0 aromatic heterocycles. The van der Waals surface area contributed by atoms with Gasteiger partial charge in [-0.25, -0.2) is 4.79 Å². The lowest BCUT2D eigenvalue weighted by molar-refractivity contribution is -0.207. The van der Waals surface area contributed by atoms with Crippen LogP contribution in [-0.2, 0) is 19.1 Å². The Balaban J connectivity index is 1.38. The number of halogens is 3. The molecule has 48 heavy (non-hydrogen) atoms. The van der Waals surface area contributed by atoms with E-state index in [0.717, 1.165) is 25.7 Å². The molecule has 2 aromatic rings. The van der Waals surface area contributed by atoms with E-state index in [1.165, 1.54) is 12.1 Å². The number of benzene rings is 2. The molecule has 2 aromatic carbocycles. The first-order valence-corrected chi connectivity index (χ1v) is 16.4. The van der Waals surface area contributed by atoms with Crippen molar-refractivity contribution < 1.29 is 46.5 Å². The fourth-order valence-corrected chi connectivity index (χ4v) is 6.03. The standard InChI is InChI=1S/C35H46F3N3O7/c1-23(2)41(32(42)25-11-16-29(46-4)30(21-25)47-20-8-19-45-3)28-13-12-26(39-22-28)17-18-40(27-14-15-27)33(43)31(24-9-6-5-7-10-24)48-34(44)35(36,37)38/h5-7,9-11,16,21,23,26-28,31,39H,8,12-15,17-20,22H2,1-4H3/t26-,28-,31-/m1/s1. The van der Waals surface area contributed by atoms with Gasteiger partial charge in [0.1, 0.15) is 0 Å². The van der Waals surface area contributed by atoms with Gasteiger partial charge in [-0.3, -0.25) is 9.59 Å². The zero-order valence-corrected chi connectivity index (χ0v) is 28.0. The second-order valence-corrected chi connectivity index (χ2v) is 12.4. The molecule has 13 heteroatoms. The van der Waals surface area contributed by atoms with Crippen LogP contribution in [-0.4, -0.2) is 98.5 Å². The first-order valence-electron chi connectivity index (χ1n) is 16.4. The smallest absolute Gasteiger partial charge is 0.490 e. The van der Waals surface area contributed by atoms with Crippen LogP contribution in [0.1, 0.15) is 74.4 Å². The monoisotopic (exact) mass is 677 g/mol. The third-order valence-electron chi connectivity index (χ3n) is 8.61. The first kappa shape index (κ1) is 37.0. The lowest BCUT2D eigenvalue weighted by Crippen LogP contribution is -2.54. The van der Waals surface area contributed by atoms with Crippen LogP contribution in [0.2, 0.25) is 0 Å². The fraction of sp³-hybridized carbons (Fsp3) is 0.571. The maximum Gasteiger partial charge on any atom is 0.490 e. The number of hydrogen-bond acceptors (Lipinski definition) is 8. The third kappa shape index (κ3) is 9.85. The largest absolute Gasteiger partial charge is 0.493 e. The minimum atomic E-state index is -5.22. The van der Waals surface area contributed by atoms with Gasteiger partial charge >= 0.3 is 12.1 Å². The quantitative estimate of drug-likeness (QED) is 0.188. The normalized spacial score (nSPS) is 18.6. The van der Waals surface area contributed by atoms with Gasteiger partial charge in [0.25, 0.3) is 11.8 Å². The molecular formula is C35H46F3N3O7. The lowest BCUT2D eigenvalue weighted by Gasteiger charge is -2.40. The van der Waals surface area contributed by atoms with Crippen molar-refractivity contribution in [1.29, 1.82) is 0 Å². The zero-order chi connectivity index (χ0) is 34.8. The van der Waals surface area contributed by atoms with Gasteiger partial charge in [-0.15, -0.1) is 0 Å². The number of nitrogens with zero attached hydrogens (tertiary/aromatic N) is 2. The summed E-state index contributed by atoms with van der Waals surface area (Å²) in [7, 11) is 3.17. The van der Waals surface area contributed by atoms with Crippen LogP contribution < -0.4 is 14.8 Å². The highest BCUT2D eigenvalue weighted by atomic mass is 19.4. The number of piperidine rings is 1. The number of ether oxygens (including phenoxy) is 4. The summed E-state index contributed by atoms with van der Waals surface area (Å²) >= 11 is 0. The number of nitrogens with one attached hydrogen (secondary N) is 1. The number of carbonyl (C=O) groups is 3. The molecule has 1 N–H and O–H groups in total. The van der Waals surface area contributed by atoms with Gasteiger partial charge in [-0.1, -0.05) is 30.3 Å². The summed E-state index contributed by atoms with van der Waals surface area (Å²) in [4.78, 5) is 42.7. The topological polar surface area (TPSA) is 107 Å². The Morgan fingerprint density at radius 1 is 0.938 bits per heavy atom. The molecule has 1 saturated carbocycles. The molecule has 0 bridgehead atoms. The summed E-state index contributed by atoms with van der Waals surface area (Å²) in [5.41, 5.74) is 0.676. The van der Waals surface area contributed by atoms with Crippen LogP contribution in [0.25, 0.3) is 0 Å². The Morgan fingerprint density at radius 3 is 2.23 bits per heavy atom. The summed E-state index contributed by atoms with van der Waals surface area (Å²) in [6.07, 6.45) is -2.74. The van der Waals surface area contributed by atoms with Gasteiger partial charge in [0.05, 0.1) is 13.7 Å². The number of esters is 1. The number of amides is 2. The second kappa shape index (κ2) is 17.0. The van der Waals surface area contributed by atoms with Crippen LogP contribution in [0.4, 0.5) is 13.2 Å². The van der Waals surface area contributed by atoms with Crippen LogP contribution in [0.5, 0.6) is 11.5 Å². The second-order valence-electron chi connectivity index (χ2n) is 12.4. The number of hydrogen-bond donors (Lipinski definition) is 1. The van der Waals surface area contributed by atoms with Gasteiger partial charge in [-0.05, 0) is 64.2 Å². The SMILES string of the molecule is COCCCOc1cc(C(=O)N(C(C)C)[C@@H]2CC[C@H](CCN(C(=O)[C@H](OC(=O)C(F)(F)F)c3ccccc3)C3CC3)NC2)ccc1OC. The van der Waals surface area contributed by atoms with Gasteiger partial charge in [0.2, 0.25) is 6.10 Å². The molecule has 1 aliphatic heterocycles. The summed E-state index contributed by atoms with van der Waals surface area (Å²) in [5.74, 6) is -2.15. The molecule has 0 unspecified atom stereocenters. The average molecular weight is 678 g/mol. The average Bonchev–Trinajstić information content (AvgIpc) is 3.91. The van der Waals surface area contributed by atoms with Gasteiger partial charge in [-0.2, -0.15) is 13.2 Å². The molecule has 264 valence electrons. The van der Waals surface area contributed by atoms with E-state index in [1.54, 1.807) is 55.5 Å². The van der Waals surface area contributed by atoms with E-state index in [-0.39, 0.29) is 35.6 Å². The van der Waals surface area contributed by atoms with Crippen molar-refractivity contribution in [2.45, 2.75) is 88.8 Å². The van der Waals surface area contributed by atoms with Crippen molar-refractivity contribution in [3.63, 3.8) is 0 Å². The third-order valence-corrected chi connectivity index (χ3v) is 8.61. The van der Waals surface area contributed by atoms with Crippen molar-refractivity contribution >= 4 is 17.8 Å². The molecular weight excluding hydrogens is 631 g/mol. The van der Waals surface area contributed by atoms with Crippen molar-refractivity contribution in [3.8, 4) is 11.5 Å². The van der Waals surface area contributed by atoms with Crippen molar-refractivity contribution in [2.24, 2.45) is 0 Å². The Morgan fingerprint density at radius 2 is 1.65 bits per heavy atom. The molecule has 2 amide bonds. The molecule has 2 aliphatic rings. The van der Waals surface area contributed by atoms with E-state index < -0.39 is 24.2 Å². The van der Waals surface area contributed by atoms with Gasteiger partial charge in [0, 0.05) is 68.5 Å². The summed E-state index contributed by atoms with van der Waals surface area (Å²) in [6, 6.07) is 12.7. The Labute approximate surface area is 279 Å². The molecule has 2 fully saturated rings. The van der Waals surface area contributed by atoms with E-state index in [0.29, 0.717) is 56.2 Å². The first-order chi connectivity index (χ1) is 22.9. The Kier molecular flexibility index (Phi) is 13.1. The molecule has 1 aliphatic carbocycles. The maximum atomic E-state index is 13.8. The zero-order valence-electron chi connectivity index (χ0n) is 28.0. The molecule has 10 nitrogen and oxygen atoms in total. The molecule has 4 rings (SSSR count). The number of carbonyl (C=O) groups excluding carboxylic acids is 3. The number of rotatable bonds is 16. The maximum absolute atomic E-state index is 13.8. The van der Waals surface area contributed by atoms with E-state index in [9.17, 15) is 27.6 Å². The number of methoxy groups -OCH3 is 2. The Bertz CT molecular complexity index is 1360. The van der Waals surface area contributed by atoms with Gasteiger partial charge < -0.3 is 34.1 Å². The summed E-state index contributed by atoms with van der Waals surface area (Å²) in [6.45, 7) is 5.76. The molecule has 1 saturated heterocycles. The summed E-state index contributed by atoms with van der Waals surface area (Å²) < 4.78 is 60.5. The highest BCUT2D eigenvalue weighted by Crippen LogP contribution is 2.34. The fourth-order valence-electron chi connectivity index (χ4n) is 6.03. The van der Waals surface area contributed by atoms with Crippen molar-refractivity contribution in [3.05, 3.63) is 59.7 Å². The predicted octanol–water partition coefficient (Wildman–Crippen LogP) is 5.31. The van der Waals surface area contributed by atoms with Crippen LogP contribution in [0.15, 0.2) is 48.5 Å². The molecule has 0 spiro atoms. The van der Waals surface area contributed by atoms with Crippen LogP contribution in [0, 0.1) is 0 Å². The highest BCUT2D eigenvalue weighted by molar-refractivity contribution is 5.95. The molecule has 3 atom stereocenters. The van der Waals surface area contributed by atoms with Crippen molar-refractivity contribution in [2.75, 3.05) is 40.5 Å². The van der Waals surface area contributed by atoms with E-state index in [4.69, 9.17) is 18.9 Å². The minimum absolute atomic E-state index is 0.0282. The van der Waals surface area contributed by atoms with E-state index in [1.807, 2.05) is 18.7 Å². The predicted molar refractivity (Wildman–Crippen MR) is 172 cm³/mol. The molecule has 1 heterocycles. The van der Waals surface area contributed by atoms with Gasteiger partial charge in [0.15, 0.2) is 11.5 Å². The summed E-state index contributed by atoms with van der Waals surface area (Å²) in [5, 5.41) is 3.52.